The molecule has 0 spiro atoms. The number of alkyl carbamates (subject to hydrolysis) is 2. The molecule has 13 heteroatoms. The Labute approximate surface area is 368 Å². The summed E-state index contributed by atoms with van der Waals surface area (Å²) in [6, 6.07) is 45.4. The number of fused-ring (bicyclic) bond motifs is 2. The predicted molar refractivity (Wildman–Crippen MR) is 245 cm³/mol. The van der Waals surface area contributed by atoms with Crippen LogP contribution in [0.15, 0.2) is 170 Å². The Morgan fingerprint density at radius 3 is 1.34 bits per heavy atom. The van der Waals surface area contributed by atoms with Crippen molar-refractivity contribution in [3.05, 3.63) is 203 Å². The zero-order valence-electron chi connectivity index (χ0n) is 34.6. The summed E-state index contributed by atoms with van der Waals surface area (Å²) in [5.41, 5.74) is 6.77. The maximum absolute atomic E-state index is 13.9. The summed E-state index contributed by atoms with van der Waals surface area (Å²) in [6.45, 7) is 0.0659. The number of hydrogen-bond acceptors (Lipinski definition) is 7. The number of hydrogen-bond donors (Lipinski definition) is 7. The van der Waals surface area contributed by atoms with E-state index in [0.29, 0.717) is 22.5 Å². The van der Waals surface area contributed by atoms with E-state index in [1.165, 1.54) is 0 Å². The van der Waals surface area contributed by atoms with E-state index in [1.807, 2.05) is 122 Å². The van der Waals surface area contributed by atoms with E-state index in [0.717, 1.165) is 44.1 Å². The van der Waals surface area contributed by atoms with Crippen molar-refractivity contribution in [1.82, 2.24) is 20.6 Å². The molecule has 64 heavy (non-hydrogen) atoms. The lowest BCUT2D eigenvalue weighted by molar-refractivity contribution is -0.118. The number of nitrogens with one attached hydrogen (secondary N) is 6. The largest absolute Gasteiger partial charge is 0.445 e. The molecule has 2 atom stereocenters. The molecule has 2 heterocycles. The van der Waals surface area contributed by atoms with Crippen molar-refractivity contribution in [1.29, 1.82) is 0 Å². The third-order valence-electron chi connectivity index (χ3n) is 10.8. The predicted octanol–water partition coefficient (Wildman–Crippen LogP) is 8.68. The quantitative estimate of drug-likeness (QED) is 0.0507. The second kappa shape index (κ2) is 20.1. The van der Waals surface area contributed by atoms with Crippen LogP contribution < -0.4 is 21.3 Å². The van der Waals surface area contributed by atoms with Crippen LogP contribution in [0.4, 0.5) is 21.0 Å². The van der Waals surface area contributed by atoms with Crippen LogP contribution in [0, 0.1) is 0 Å². The van der Waals surface area contributed by atoms with Crippen LogP contribution in [0.3, 0.4) is 0 Å². The van der Waals surface area contributed by atoms with E-state index < -0.39 is 42.2 Å². The molecular weight excluding hydrogens is 809 g/mol. The molecule has 0 aliphatic carbocycles. The first kappa shape index (κ1) is 42.5. The molecule has 4 amide bonds. The number of benzene rings is 6. The van der Waals surface area contributed by atoms with Crippen molar-refractivity contribution in [3.63, 3.8) is 0 Å². The standard InChI is InChI=1S/C51H46N6O7/c58-47(35-17-11-19-39(25-35)54-48(59)45(27-37-29-52-43-23-9-7-21-41(37)43)56-50(61)63-31-33-13-3-1-4-14-33)36-18-12-20-40(26-36)55-49(60)46(28-38-30-53-44-24-10-8-22-42(38)44)57-51(62)64-32-34-15-5-2-6-16-34/h1-26,29-30,45-47,52-53,58H,27-28,31-32H2,(H,54,59)(H,55,60)(H,56,61)(H,57,62)/t45-,46-/m0/s1. The maximum atomic E-state index is 13.9. The molecule has 13 nitrogen and oxygen atoms in total. The Bertz CT molecular complexity index is 2680. The summed E-state index contributed by atoms with van der Waals surface area (Å²) in [5.74, 6) is -0.976. The zero-order valence-corrected chi connectivity index (χ0v) is 34.6. The van der Waals surface area contributed by atoms with E-state index in [9.17, 15) is 24.3 Å². The van der Waals surface area contributed by atoms with Crippen molar-refractivity contribution in [2.45, 2.75) is 44.2 Å². The van der Waals surface area contributed by atoms with Crippen molar-refractivity contribution in [2.75, 3.05) is 10.6 Å². The third-order valence-corrected chi connectivity index (χ3v) is 10.8. The van der Waals surface area contributed by atoms with Gasteiger partial charge in [-0.3, -0.25) is 9.59 Å². The maximum Gasteiger partial charge on any atom is 0.408 e. The normalized spacial score (nSPS) is 12.0. The summed E-state index contributed by atoms with van der Waals surface area (Å²) < 4.78 is 10.9. The molecule has 8 rings (SSSR count). The molecule has 7 N–H and O–H groups in total. The number of H-pyrrole nitrogens is 2. The minimum absolute atomic E-state index is 0.0330. The van der Waals surface area contributed by atoms with Gasteiger partial charge in [0.1, 0.15) is 31.4 Å². The molecule has 0 aliphatic heterocycles. The van der Waals surface area contributed by atoms with Crippen LogP contribution >= 0.6 is 0 Å². The summed E-state index contributed by atoms with van der Waals surface area (Å²) in [7, 11) is 0. The molecule has 0 saturated carbocycles. The molecule has 0 unspecified atom stereocenters. The second-order valence-corrected chi connectivity index (χ2v) is 15.3. The number of aliphatic hydroxyl groups is 1. The van der Waals surface area contributed by atoms with Gasteiger partial charge < -0.3 is 45.8 Å². The van der Waals surface area contributed by atoms with Crippen molar-refractivity contribution < 1.29 is 33.8 Å². The average Bonchev–Trinajstić information content (AvgIpc) is 3.94. The number of amides is 4. The van der Waals surface area contributed by atoms with Crippen LogP contribution in [0.2, 0.25) is 0 Å². The Morgan fingerprint density at radius 2 is 0.906 bits per heavy atom. The Morgan fingerprint density at radius 1 is 0.500 bits per heavy atom. The highest BCUT2D eigenvalue weighted by atomic mass is 16.6. The van der Waals surface area contributed by atoms with Gasteiger partial charge in [-0.2, -0.15) is 0 Å². The highest BCUT2D eigenvalue weighted by Crippen LogP contribution is 2.27. The summed E-state index contributed by atoms with van der Waals surface area (Å²) in [5, 5.41) is 24.8. The number of aromatic nitrogens is 2. The third kappa shape index (κ3) is 10.8. The fourth-order valence-electron chi connectivity index (χ4n) is 7.50. The molecule has 2 aromatic heterocycles. The minimum Gasteiger partial charge on any atom is -0.445 e. The molecule has 0 fully saturated rings. The number of carbonyl (C=O) groups excluding carboxylic acids is 4. The minimum atomic E-state index is -1.16. The molecule has 6 aromatic carbocycles. The Kier molecular flexibility index (Phi) is 13.4. The van der Waals surface area contributed by atoms with Gasteiger partial charge in [0.25, 0.3) is 0 Å². The van der Waals surface area contributed by atoms with Gasteiger partial charge >= 0.3 is 12.2 Å². The van der Waals surface area contributed by atoms with Gasteiger partial charge in [0.05, 0.1) is 0 Å². The second-order valence-electron chi connectivity index (χ2n) is 15.3. The average molecular weight is 855 g/mol. The lowest BCUT2D eigenvalue weighted by Crippen LogP contribution is -2.45. The molecule has 8 aromatic rings. The smallest absolute Gasteiger partial charge is 0.408 e. The van der Waals surface area contributed by atoms with Gasteiger partial charge in [0.15, 0.2) is 0 Å². The number of aromatic amines is 2. The van der Waals surface area contributed by atoms with E-state index in [2.05, 4.69) is 31.2 Å². The molecule has 322 valence electrons. The molecular formula is C51H46N6O7. The monoisotopic (exact) mass is 854 g/mol. The van der Waals surface area contributed by atoms with Gasteiger partial charge in [-0.1, -0.05) is 121 Å². The van der Waals surface area contributed by atoms with Gasteiger partial charge in [0.2, 0.25) is 11.8 Å². The first-order valence-electron chi connectivity index (χ1n) is 20.8. The summed E-state index contributed by atoms with van der Waals surface area (Å²) in [4.78, 5) is 60.4. The number of aliphatic hydroxyl groups excluding tert-OH is 1. The Hall–Kier alpha value is -8.16. The molecule has 0 aliphatic rings. The fourth-order valence-corrected chi connectivity index (χ4v) is 7.50. The van der Waals surface area contributed by atoms with Crippen LogP contribution in [0.5, 0.6) is 0 Å². The zero-order chi connectivity index (χ0) is 44.3. The Balaban J connectivity index is 0.952. The number of para-hydroxylation sites is 2. The first-order valence-corrected chi connectivity index (χ1v) is 20.8. The highest BCUT2D eigenvalue weighted by molar-refractivity contribution is 5.98. The fraction of sp³-hybridized carbons (Fsp3) is 0.137. The number of rotatable bonds is 16. The van der Waals surface area contributed by atoms with Crippen LogP contribution in [0.1, 0.15) is 39.5 Å². The molecule has 0 radical (unpaired) electrons. The van der Waals surface area contributed by atoms with Crippen LogP contribution in [-0.2, 0) is 45.1 Å². The van der Waals surface area contributed by atoms with Gasteiger partial charge in [-0.25, -0.2) is 9.59 Å². The van der Waals surface area contributed by atoms with Gasteiger partial charge in [0, 0.05) is 58.4 Å². The molecule has 0 saturated heterocycles. The molecule has 0 bridgehead atoms. The number of ether oxygens (including phenoxy) is 2. The van der Waals surface area contributed by atoms with Crippen molar-refractivity contribution in [2.24, 2.45) is 0 Å². The summed E-state index contributed by atoms with van der Waals surface area (Å²) >= 11 is 0. The number of carbonyl (C=O) groups is 4. The van der Waals surface area contributed by atoms with E-state index >= 15 is 0 Å². The van der Waals surface area contributed by atoms with E-state index in [4.69, 9.17) is 9.47 Å². The lowest BCUT2D eigenvalue weighted by Gasteiger charge is -2.20. The van der Waals surface area contributed by atoms with Crippen molar-refractivity contribution in [3.8, 4) is 0 Å². The van der Waals surface area contributed by atoms with Crippen LogP contribution in [0.25, 0.3) is 21.8 Å². The summed E-state index contributed by atoms with van der Waals surface area (Å²) in [6.07, 6.45) is 1.32. The lowest BCUT2D eigenvalue weighted by atomic mass is 10.00. The highest BCUT2D eigenvalue weighted by Gasteiger charge is 2.26. The SMILES string of the molecule is O=C(N[C@@H](Cc1c[nH]c2ccccc12)C(=O)Nc1cccc(C(O)c2cccc(NC(=O)[C@H](Cc3c[nH]c4ccccc34)NC(=O)OCc3ccccc3)c2)c1)OCc1ccccc1. The first-order chi connectivity index (χ1) is 31.3. The van der Waals surface area contributed by atoms with Gasteiger partial charge in [-0.05, 0) is 69.8 Å². The van der Waals surface area contributed by atoms with E-state index in [-0.39, 0.29) is 26.1 Å². The van der Waals surface area contributed by atoms with Gasteiger partial charge in [-0.15, -0.1) is 0 Å². The van der Waals surface area contributed by atoms with E-state index in [1.54, 1.807) is 48.5 Å². The van der Waals surface area contributed by atoms with Crippen LogP contribution in [-0.4, -0.2) is 51.2 Å². The topological polar surface area (TPSA) is 187 Å². The van der Waals surface area contributed by atoms with Crippen molar-refractivity contribution >= 4 is 57.2 Å². The number of anilines is 2.